The average Bonchev–Trinajstić information content (AvgIpc) is 2.85. The molecule has 1 amide bonds. The van der Waals surface area contributed by atoms with E-state index in [0.29, 0.717) is 18.0 Å². The number of carbonyl (C=O) groups is 1. The molecule has 3 aromatic rings. The number of carbonyl (C=O) groups excluding carboxylic acids is 1. The van der Waals surface area contributed by atoms with Crippen molar-refractivity contribution in [3.8, 4) is 11.5 Å². The van der Waals surface area contributed by atoms with Gasteiger partial charge in [0.2, 0.25) is 5.91 Å². The third kappa shape index (κ3) is 6.45. The normalized spacial score (nSPS) is 11.0. The molecule has 3 rings (SSSR count). The molecule has 180 valence electrons. The molecule has 34 heavy (non-hydrogen) atoms. The number of benzene rings is 3. The van der Waals surface area contributed by atoms with Gasteiger partial charge in [-0.25, -0.2) is 8.42 Å². The molecule has 0 aliphatic rings. The molecule has 0 saturated heterocycles. The summed E-state index contributed by atoms with van der Waals surface area (Å²) in [6, 6.07) is 21.1. The topological polar surface area (TPSA) is 84.9 Å². The Morgan fingerprint density at radius 1 is 0.971 bits per heavy atom. The Labute approximate surface area is 205 Å². The summed E-state index contributed by atoms with van der Waals surface area (Å²) in [7, 11) is -1.09. The molecule has 0 aromatic heterocycles. The average molecular weight is 501 g/mol. The maximum atomic E-state index is 13.6. The molecule has 0 unspecified atom stereocenters. The minimum Gasteiger partial charge on any atom is -0.497 e. The predicted octanol–water partition coefficient (Wildman–Crippen LogP) is 4.12. The van der Waals surface area contributed by atoms with Crippen molar-refractivity contribution in [2.24, 2.45) is 0 Å². The molecular weight excluding hydrogens is 472 g/mol. The van der Waals surface area contributed by atoms with Crippen LogP contribution in [0.2, 0.25) is 0 Å². The third-order valence-electron chi connectivity index (χ3n) is 4.99. The molecule has 7 nitrogen and oxygen atoms in total. The summed E-state index contributed by atoms with van der Waals surface area (Å²) >= 11 is 1.61. The van der Waals surface area contributed by atoms with Crippen molar-refractivity contribution in [2.75, 3.05) is 37.4 Å². The lowest BCUT2D eigenvalue weighted by Crippen LogP contribution is -2.41. The van der Waals surface area contributed by atoms with Crippen molar-refractivity contribution in [2.45, 2.75) is 16.7 Å². The first-order chi connectivity index (χ1) is 16.3. The highest BCUT2D eigenvalue weighted by Gasteiger charge is 2.29. The van der Waals surface area contributed by atoms with E-state index in [1.807, 2.05) is 37.3 Å². The fraction of sp³-hybridized carbons (Fsp3) is 0.240. The summed E-state index contributed by atoms with van der Waals surface area (Å²) in [6.07, 6.45) is 0. The van der Waals surface area contributed by atoms with Crippen molar-refractivity contribution in [3.63, 3.8) is 0 Å². The summed E-state index contributed by atoms with van der Waals surface area (Å²) in [5, 5.41) is 2.81. The van der Waals surface area contributed by atoms with Gasteiger partial charge in [-0.15, -0.1) is 11.8 Å². The second kappa shape index (κ2) is 11.8. The summed E-state index contributed by atoms with van der Waals surface area (Å²) in [4.78, 5) is 14.0. The van der Waals surface area contributed by atoms with Crippen LogP contribution in [0.3, 0.4) is 0 Å². The molecule has 1 N–H and O–H groups in total. The molecule has 0 spiro atoms. The van der Waals surface area contributed by atoms with Crippen LogP contribution < -0.4 is 19.1 Å². The largest absolute Gasteiger partial charge is 0.497 e. The standard InChI is InChI=1S/C25H28N2O5S2/c1-19-9-12-22(13-10-19)34(29,30)27(23-14-11-20(31-2)17-24(23)32-3)18-25(28)26-15-16-33-21-7-5-4-6-8-21/h4-14,17H,15-16,18H2,1-3H3,(H,26,28). The number of ether oxygens (including phenoxy) is 2. The van der Waals surface area contributed by atoms with Crippen LogP contribution in [0.1, 0.15) is 5.56 Å². The van der Waals surface area contributed by atoms with Gasteiger partial charge in [-0.05, 0) is 43.3 Å². The molecular formula is C25H28N2O5S2. The van der Waals surface area contributed by atoms with Crippen LogP contribution >= 0.6 is 11.8 Å². The van der Waals surface area contributed by atoms with Gasteiger partial charge in [-0.1, -0.05) is 35.9 Å². The van der Waals surface area contributed by atoms with Crippen molar-refractivity contribution >= 4 is 33.4 Å². The summed E-state index contributed by atoms with van der Waals surface area (Å²) in [6.45, 7) is 1.88. The quantitative estimate of drug-likeness (QED) is 0.315. The Morgan fingerprint density at radius 2 is 1.68 bits per heavy atom. The number of nitrogens with one attached hydrogen (secondary N) is 1. The first-order valence-electron chi connectivity index (χ1n) is 10.6. The monoisotopic (exact) mass is 500 g/mol. The predicted molar refractivity (Wildman–Crippen MR) is 135 cm³/mol. The number of rotatable bonds is 11. The van der Waals surface area contributed by atoms with Gasteiger partial charge < -0.3 is 14.8 Å². The van der Waals surface area contributed by atoms with Gasteiger partial charge in [-0.3, -0.25) is 9.10 Å². The lowest BCUT2D eigenvalue weighted by Gasteiger charge is -2.26. The van der Waals surface area contributed by atoms with E-state index < -0.39 is 22.5 Å². The van der Waals surface area contributed by atoms with Gasteiger partial charge >= 0.3 is 0 Å². The molecule has 0 saturated carbocycles. The Hall–Kier alpha value is -3.17. The highest BCUT2D eigenvalue weighted by molar-refractivity contribution is 7.99. The first kappa shape index (κ1) is 25.5. The molecule has 9 heteroatoms. The van der Waals surface area contributed by atoms with Gasteiger partial charge in [0.15, 0.2) is 0 Å². The van der Waals surface area contributed by atoms with E-state index in [4.69, 9.17) is 9.47 Å². The van der Waals surface area contributed by atoms with Crippen LogP contribution in [0.15, 0.2) is 82.6 Å². The number of hydrogen-bond donors (Lipinski definition) is 1. The van der Waals surface area contributed by atoms with Crippen LogP contribution in [-0.2, 0) is 14.8 Å². The van der Waals surface area contributed by atoms with E-state index in [-0.39, 0.29) is 16.3 Å². The van der Waals surface area contributed by atoms with E-state index in [1.165, 1.54) is 26.4 Å². The Morgan fingerprint density at radius 3 is 2.32 bits per heavy atom. The van der Waals surface area contributed by atoms with Crippen molar-refractivity contribution in [1.82, 2.24) is 5.32 Å². The third-order valence-corrected chi connectivity index (χ3v) is 7.78. The van der Waals surface area contributed by atoms with Gasteiger partial charge in [0.1, 0.15) is 18.0 Å². The van der Waals surface area contributed by atoms with Gasteiger partial charge in [0.05, 0.1) is 24.8 Å². The smallest absolute Gasteiger partial charge is 0.264 e. The Bertz CT molecular complexity index is 1200. The first-order valence-corrected chi connectivity index (χ1v) is 13.0. The number of hydrogen-bond acceptors (Lipinski definition) is 6. The molecule has 3 aromatic carbocycles. The minimum absolute atomic E-state index is 0.0865. The number of thioether (sulfide) groups is 1. The molecule has 0 radical (unpaired) electrons. The number of methoxy groups -OCH3 is 2. The van der Waals surface area contributed by atoms with Crippen LogP contribution in [0.4, 0.5) is 5.69 Å². The fourth-order valence-corrected chi connectivity index (χ4v) is 5.41. The van der Waals surface area contributed by atoms with Crippen LogP contribution in [-0.4, -0.2) is 47.4 Å². The van der Waals surface area contributed by atoms with Crippen molar-refractivity contribution < 1.29 is 22.7 Å². The zero-order valence-electron chi connectivity index (χ0n) is 19.4. The summed E-state index contributed by atoms with van der Waals surface area (Å²) < 4.78 is 38.9. The molecule has 0 atom stereocenters. The number of nitrogens with zero attached hydrogens (tertiary/aromatic N) is 1. The van der Waals surface area contributed by atoms with Gasteiger partial charge in [-0.2, -0.15) is 0 Å². The number of anilines is 1. The van der Waals surface area contributed by atoms with Crippen LogP contribution in [0, 0.1) is 6.92 Å². The molecule has 0 bridgehead atoms. The van der Waals surface area contributed by atoms with Crippen molar-refractivity contribution in [3.05, 3.63) is 78.4 Å². The second-order valence-corrected chi connectivity index (χ2v) is 10.4. The molecule has 0 aliphatic heterocycles. The fourth-order valence-electron chi connectivity index (χ4n) is 3.19. The zero-order chi connectivity index (χ0) is 24.6. The van der Waals surface area contributed by atoms with Gasteiger partial charge in [0, 0.05) is 23.3 Å². The molecule has 0 aliphatic carbocycles. The Balaban J connectivity index is 1.82. The molecule has 0 heterocycles. The highest BCUT2D eigenvalue weighted by atomic mass is 32.2. The zero-order valence-corrected chi connectivity index (χ0v) is 21.0. The van der Waals surface area contributed by atoms with Crippen LogP contribution in [0.5, 0.6) is 11.5 Å². The van der Waals surface area contributed by atoms with E-state index >= 15 is 0 Å². The maximum Gasteiger partial charge on any atom is 0.264 e. The Kier molecular flexibility index (Phi) is 8.84. The second-order valence-electron chi connectivity index (χ2n) is 7.37. The number of aryl methyl sites for hydroxylation is 1. The minimum atomic E-state index is -4.05. The van der Waals surface area contributed by atoms with Crippen LogP contribution in [0.25, 0.3) is 0 Å². The van der Waals surface area contributed by atoms with Gasteiger partial charge in [0.25, 0.3) is 10.0 Å². The van der Waals surface area contributed by atoms with E-state index in [9.17, 15) is 13.2 Å². The lowest BCUT2D eigenvalue weighted by molar-refractivity contribution is -0.119. The highest BCUT2D eigenvalue weighted by Crippen LogP contribution is 2.35. The number of amides is 1. The van der Waals surface area contributed by atoms with Crippen molar-refractivity contribution in [1.29, 1.82) is 0 Å². The summed E-state index contributed by atoms with van der Waals surface area (Å²) in [5.74, 6) is 1.03. The van der Waals surface area contributed by atoms with E-state index in [2.05, 4.69) is 5.32 Å². The van der Waals surface area contributed by atoms with E-state index in [1.54, 1.807) is 42.1 Å². The number of sulfonamides is 1. The summed E-state index contributed by atoms with van der Waals surface area (Å²) in [5.41, 5.74) is 1.18. The SMILES string of the molecule is COc1ccc(N(CC(=O)NCCSc2ccccc2)S(=O)(=O)c2ccc(C)cc2)c(OC)c1. The molecule has 0 fully saturated rings. The lowest BCUT2D eigenvalue weighted by atomic mass is 10.2. The van der Waals surface area contributed by atoms with E-state index in [0.717, 1.165) is 14.8 Å². The maximum absolute atomic E-state index is 13.6.